The zero-order valence-electron chi connectivity index (χ0n) is 10.4. The first kappa shape index (κ1) is 13.1. The maximum absolute atomic E-state index is 6.08. The lowest BCUT2D eigenvalue weighted by atomic mass is 10.0. The number of benzene rings is 1. The van der Waals surface area contributed by atoms with Crippen LogP contribution in [-0.2, 0) is 0 Å². The average molecular weight is 310 g/mol. The monoisotopic (exact) mass is 309 g/mol. The first-order chi connectivity index (χ1) is 8.61. The van der Waals surface area contributed by atoms with Crippen molar-refractivity contribution in [2.75, 3.05) is 7.11 Å². The van der Waals surface area contributed by atoms with Crippen LogP contribution in [0.5, 0.6) is 5.75 Å². The van der Waals surface area contributed by atoms with Crippen LogP contribution < -0.4 is 10.5 Å². The van der Waals surface area contributed by atoms with Crippen molar-refractivity contribution in [2.45, 2.75) is 19.0 Å². The molecule has 0 radical (unpaired) electrons. The molecule has 0 aliphatic heterocycles. The first-order valence-electron chi connectivity index (χ1n) is 5.71. The number of hydrogen-bond acceptors (Lipinski definition) is 3. The van der Waals surface area contributed by atoms with Crippen LogP contribution in [0.15, 0.2) is 41.1 Å². The molecule has 1 aromatic carbocycles. The van der Waals surface area contributed by atoms with Gasteiger partial charge in [0, 0.05) is 12.2 Å². The van der Waals surface area contributed by atoms with E-state index in [-0.39, 0.29) is 12.1 Å². The summed E-state index contributed by atoms with van der Waals surface area (Å²) in [6, 6.07) is 7.84. The molecule has 0 aliphatic rings. The topological polar surface area (TPSA) is 53.1 Å². The smallest absolute Gasteiger partial charge is 0.119 e. The average Bonchev–Trinajstić information content (AvgIpc) is 2.75. The minimum absolute atomic E-state index is 0.00796. The van der Waals surface area contributed by atoms with Crippen LogP contribution in [0.25, 0.3) is 0 Å². The Morgan fingerprint density at radius 1 is 1.44 bits per heavy atom. The second kappa shape index (κ2) is 5.54. The molecule has 96 valence electrons. The van der Waals surface area contributed by atoms with E-state index in [9.17, 15) is 0 Å². The molecule has 0 spiro atoms. The van der Waals surface area contributed by atoms with Crippen LogP contribution in [0.2, 0.25) is 0 Å². The summed E-state index contributed by atoms with van der Waals surface area (Å²) in [5.74, 6) is 0.823. The van der Waals surface area contributed by atoms with Gasteiger partial charge in [-0.05, 0) is 40.5 Å². The lowest BCUT2D eigenvalue weighted by Crippen LogP contribution is -2.30. The lowest BCUT2D eigenvalue weighted by molar-refractivity contribution is 0.409. The molecular weight excluding hydrogens is 294 g/mol. The summed E-state index contributed by atoms with van der Waals surface area (Å²) >= 11 is 3.40. The van der Waals surface area contributed by atoms with E-state index in [1.54, 1.807) is 13.3 Å². The molecule has 0 fully saturated rings. The van der Waals surface area contributed by atoms with Gasteiger partial charge in [-0.1, -0.05) is 12.1 Å². The number of ether oxygens (including phenoxy) is 1. The minimum Gasteiger partial charge on any atom is -0.497 e. The molecule has 0 saturated carbocycles. The van der Waals surface area contributed by atoms with Crippen molar-refractivity contribution in [1.82, 2.24) is 9.78 Å². The van der Waals surface area contributed by atoms with E-state index in [1.807, 2.05) is 42.1 Å². The molecule has 5 heteroatoms. The highest BCUT2D eigenvalue weighted by Crippen LogP contribution is 2.25. The van der Waals surface area contributed by atoms with Gasteiger partial charge in [-0.25, -0.2) is 0 Å². The third-order valence-corrected chi connectivity index (χ3v) is 3.20. The normalized spacial score (nSPS) is 14.2. The molecule has 1 heterocycles. The highest BCUT2D eigenvalue weighted by molar-refractivity contribution is 9.10. The SMILES string of the molecule is COc1cccc(C(C(C)N)n2cc(Br)cn2)c1. The molecule has 1 aromatic heterocycles. The molecule has 2 atom stereocenters. The molecular formula is C13H16BrN3O. The molecule has 0 aliphatic carbocycles. The molecule has 2 aromatic rings. The van der Waals surface area contributed by atoms with E-state index >= 15 is 0 Å². The zero-order valence-corrected chi connectivity index (χ0v) is 12.0. The van der Waals surface area contributed by atoms with Gasteiger partial charge in [0.2, 0.25) is 0 Å². The molecule has 18 heavy (non-hydrogen) atoms. The Morgan fingerprint density at radius 3 is 2.78 bits per heavy atom. The van der Waals surface area contributed by atoms with Gasteiger partial charge in [-0.3, -0.25) is 4.68 Å². The third kappa shape index (κ3) is 2.73. The molecule has 0 amide bonds. The number of halogens is 1. The van der Waals surface area contributed by atoms with Crippen molar-refractivity contribution in [2.24, 2.45) is 5.73 Å². The van der Waals surface area contributed by atoms with Crippen molar-refractivity contribution in [3.63, 3.8) is 0 Å². The quantitative estimate of drug-likeness (QED) is 0.944. The highest BCUT2D eigenvalue weighted by Gasteiger charge is 2.19. The largest absolute Gasteiger partial charge is 0.497 e. The zero-order chi connectivity index (χ0) is 13.1. The lowest BCUT2D eigenvalue weighted by Gasteiger charge is -2.22. The van der Waals surface area contributed by atoms with Crippen molar-refractivity contribution >= 4 is 15.9 Å². The Labute approximate surface area is 115 Å². The van der Waals surface area contributed by atoms with E-state index in [1.165, 1.54) is 0 Å². The fourth-order valence-corrected chi connectivity index (χ4v) is 2.29. The van der Waals surface area contributed by atoms with Gasteiger partial charge in [-0.2, -0.15) is 5.10 Å². The molecule has 4 nitrogen and oxygen atoms in total. The van der Waals surface area contributed by atoms with Gasteiger partial charge >= 0.3 is 0 Å². The van der Waals surface area contributed by atoms with E-state index in [4.69, 9.17) is 10.5 Å². The van der Waals surface area contributed by atoms with Crippen LogP contribution in [0.3, 0.4) is 0 Å². The molecule has 0 saturated heterocycles. The van der Waals surface area contributed by atoms with Gasteiger partial charge in [-0.15, -0.1) is 0 Å². The number of nitrogens with two attached hydrogens (primary N) is 1. The standard InChI is InChI=1S/C13H16BrN3O/c1-9(15)13(17-8-11(14)7-16-17)10-4-3-5-12(6-10)18-2/h3-9,13H,15H2,1-2H3. The fourth-order valence-electron chi connectivity index (χ4n) is 1.99. The summed E-state index contributed by atoms with van der Waals surface area (Å²) in [5, 5.41) is 4.32. The van der Waals surface area contributed by atoms with Crippen LogP contribution in [0, 0.1) is 0 Å². The van der Waals surface area contributed by atoms with Gasteiger partial charge in [0.1, 0.15) is 5.75 Å². The summed E-state index contributed by atoms with van der Waals surface area (Å²) in [7, 11) is 1.66. The Bertz CT molecular complexity index is 524. The summed E-state index contributed by atoms with van der Waals surface area (Å²) < 4.78 is 8.05. The van der Waals surface area contributed by atoms with E-state index < -0.39 is 0 Å². The van der Waals surface area contributed by atoms with E-state index in [0.29, 0.717) is 0 Å². The maximum atomic E-state index is 6.08. The maximum Gasteiger partial charge on any atom is 0.119 e. The fraction of sp³-hybridized carbons (Fsp3) is 0.308. The molecule has 0 bridgehead atoms. The summed E-state index contributed by atoms with van der Waals surface area (Å²) in [4.78, 5) is 0. The number of methoxy groups -OCH3 is 1. The first-order valence-corrected chi connectivity index (χ1v) is 6.50. The van der Waals surface area contributed by atoms with E-state index in [2.05, 4.69) is 21.0 Å². The van der Waals surface area contributed by atoms with Crippen molar-refractivity contribution in [1.29, 1.82) is 0 Å². The van der Waals surface area contributed by atoms with Gasteiger partial charge in [0.25, 0.3) is 0 Å². The number of nitrogens with zero attached hydrogens (tertiary/aromatic N) is 2. The second-order valence-corrected chi connectivity index (χ2v) is 5.13. The minimum atomic E-state index is -0.0519. The highest BCUT2D eigenvalue weighted by atomic mass is 79.9. The number of hydrogen-bond donors (Lipinski definition) is 1. The van der Waals surface area contributed by atoms with Gasteiger partial charge in [0.05, 0.1) is 23.8 Å². The Hall–Kier alpha value is -1.33. The Morgan fingerprint density at radius 2 is 2.22 bits per heavy atom. The second-order valence-electron chi connectivity index (χ2n) is 4.22. The van der Waals surface area contributed by atoms with Crippen LogP contribution in [0.4, 0.5) is 0 Å². The third-order valence-electron chi connectivity index (χ3n) is 2.79. The summed E-state index contributed by atoms with van der Waals surface area (Å²) in [6.07, 6.45) is 3.68. The predicted molar refractivity (Wildman–Crippen MR) is 74.7 cm³/mol. The predicted octanol–water partition coefficient (Wildman–Crippen LogP) is 2.59. The molecule has 2 rings (SSSR count). The Balaban J connectivity index is 2.41. The number of rotatable bonds is 4. The van der Waals surface area contributed by atoms with Crippen molar-refractivity contribution in [3.8, 4) is 5.75 Å². The van der Waals surface area contributed by atoms with Crippen LogP contribution in [0.1, 0.15) is 18.5 Å². The van der Waals surface area contributed by atoms with Gasteiger partial charge in [0.15, 0.2) is 0 Å². The van der Waals surface area contributed by atoms with Crippen molar-refractivity contribution < 1.29 is 4.74 Å². The summed E-state index contributed by atoms with van der Waals surface area (Å²) in [5.41, 5.74) is 7.17. The Kier molecular flexibility index (Phi) is 4.04. The molecule has 2 N–H and O–H groups in total. The summed E-state index contributed by atoms with van der Waals surface area (Å²) in [6.45, 7) is 1.97. The van der Waals surface area contributed by atoms with E-state index in [0.717, 1.165) is 15.8 Å². The van der Waals surface area contributed by atoms with Crippen molar-refractivity contribution in [3.05, 3.63) is 46.7 Å². The van der Waals surface area contributed by atoms with Crippen LogP contribution >= 0.6 is 15.9 Å². The molecule has 2 unspecified atom stereocenters. The van der Waals surface area contributed by atoms with Crippen LogP contribution in [-0.4, -0.2) is 22.9 Å². The van der Waals surface area contributed by atoms with Gasteiger partial charge < -0.3 is 10.5 Å². The number of aromatic nitrogens is 2.